The van der Waals surface area contributed by atoms with E-state index >= 15 is 0 Å². The Morgan fingerprint density at radius 1 is 0.473 bits per heavy atom. The molecular formula is C98H124N14O17. The van der Waals surface area contributed by atoms with Gasteiger partial charge in [0, 0.05) is 60.6 Å². The monoisotopic (exact) mass is 1770 g/mol. The Morgan fingerprint density at radius 3 is 1.23 bits per heavy atom. The number of fused-ring (bicyclic) bond motifs is 12. The molecule has 8 amide bonds. The van der Waals surface area contributed by atoms with Crippen molar-refractivity contribution in [3.63, 3.8) is 0 Å². The number of carbonyl (C=O) groups excluding carboxylic acids is 8. The normalized spacial score (nSPS) is 20.7. The van der Waals surface area contributed by atoms with Crippen LogP contribution in [0.1, 0.15) is 196 Å². The Morgan fingerprint density at radius 2 is 0.853 bits per heavy atom. The highest BCUT2D eigenvalue weighted by molar-refractivity contribution is 6.08. The fraction of sp³-hybridized carbons (Fsp3) is 0.500. The molecule has 0 spiro atoms. The van der Waals surface area contributed by atoms with Gasteiger partial charge in [-0.05, 0) is 223 Å². The first-order valence-electron chi connectivity index (χ1n) is 44.5. The number of benzene rings is 6. The van der Waals surface area contributed by atoms with Crippen LogP contribution in [0.25, 0.3) is 66.3 Å². The molecule has 0 unspecified atom stereocenters. The van der Waals surface area contributed by atoms with Crippen molar-refractivity contribution in [2.45, 2.75) is 242 Å². The number of hydrogen-bond donors (Lipinski definition) is 7. The molecule has 0 radical (unpaired) electrons. The molecule has 0 aliphatic carbocycles. The molecule has 8 aromatic rings. The predicted molar refractivity (Wildman–Crippen MR) is 492 cm³/mol. The molecule has 7 N–H and O–H groups in total. The van der Waals surface area contributed by atoms with Crippen LogP contribution >= 0.6 is 0 Å². The van der Waals surface area contributed by atoms with Gasteiger partial charge in [-0.1, -0.05) is 113 Å². The first kappa shape index (κ1) is 94.1. The maximum atomic E-state index is 13.9. The number of rotatable bonds is 18. The third-order valence-electron chi connectivity index (χ3n) is 25.8. The summed E-state index contributed by atoms with van der Waals surface area (Å²) in [7, 11) is 5.09. The van der Waals surface area contributed by atoms with E-state index in [1.165, 1.54) is 34.0 Å². The van der Waals surface area contributed by atoms with Gasteiger partial charge in [0.2, 0.25) is 17.7 Å². The number of aliphatic imine (C=N–C) groups is 2. The molecule has 16 rings (SSSR count). The first-order valence-corrected chi connectivity index (χ1v) is 44.5. The summed E-state index contributed by atoms with van der Waals surface area (Å²) in [6, 6.07) is 26.1. The number of nitrogens with one attached hydrogen (secondary N) is 6. The number of aromatic nitrogens is 4. The first-order chi connectivity index (χ1) is 60.9. The van der Waals surface area contributed by atoms with E-state index in [2.05, 4.69) is 135 Å². The van der Waals surface area contributed by atoms with Crippen molar-refractivity contribution < 1.29 is 81.4 Å². The lowest BCUT2D eigenvalue weighted by Crippen LogP contribution is -2.53. The van der Waals surface area contributed by atoms with E-state index in [1.54, 1.807) is 13.8 Å². The van der Waals surface area contributed by atoms with E-state index in [9.17, 15) is 43.2 Å². The highest BCUT2D eigenvalue weighted by Crippen LogP contribution is 2.49. The van der Waals surface area contributed by atoms with Crippen LogP contribution in [-0.2, 0) is 68.9 Å². The Balaban J connectivity index is 0.000000194. The topological polar surface area (TPSA) is 382 Å². The molecule has 31 heteroatoms. The number of alkyl carbamates (subject to hydrolysis) is 4. The Hall–Kier alpha value is -12.6. The van der Waals surface area contributed by atoms with Crippen LogP contribution in [0.2, 0.25) is 0 Å². The van der Waals surface area contributed by atoms with E-state index in [0.717, 1.165) is 162 Å². The fourth-order valence-corrected chi connectivity index (χ4v) is 19.1. The van der Waals surface area contributed by atoms with Crippen LogP contribution < -0.4 is 30.7 Å². The average Bonchev–Trinajstić information content (AvgIpc) is 1.73. The molecule has 129 heavy (non-hydrogen) atoms. The zero-order chi connectivity index (χ0) is 91.9. The van der Waals surface area contributed by atoms with Crippen molar-refractivity contribution in [2.24, 2.45) is 45.5 Å². The number of ether oxygens (including phenoxy) is 7. The number of carboxylic acids is 1. The van der Waals surface area contributed by atoms with Gasteiger partial charge in [-0.3, -0.25) is 29.3 Å². The van der Waals surface area contributed by atoms with Gasteiger partial charge in [0.05, 0.1) is 87.8 Å². The van der Waals surface area contributed by atoms with Gasteiger partial charge in [0.25, 0.3) is 0 Å². The van der Waals surface area contributed by atoms with Gasteiger partial charge < -0.3 is 84.2 Å². The number of methoxy groups -OCH3 is 4. The predicted octanol–water partition coefficient (Wildman–Crippen LogP) is 17.1. The molecule has 12 atom stereocenters. The minimum atomic E-state index is -1.06. The summed E-state index contributed by atoms with van der Waals surface area (Å²) >= 11 is 0. The van der Waals surface area contributed by atoms with Crippen LogP contribution in [0.5, 0.6) is 11.5 Å². The molecule has 8 aliphatic rings. The number of nitrogens with zero attached hydrogens (tertiary/aromatic N) is 8. The van der Waals surface area contributed by atoms with Crippen molar-refractivity contribution in [1.82, 2.24) is 60.8 Å². The van der Waals surface area contributed by atoms with Crippen LogP contribution in [0.4, 0.5) is 35.3 Å². The number of amides is 8. The molecule has 4 saturated heterocycles. The lowest BCUT2D eigenvalue weighted by molar-refractivity contribution is -0.140. The lowest BCUT2D eigenvalue weighted by atomic mass is 9.90. The zero-order valence-corrected chi connectivity index (χ0v) is 76.5. The third-order valence-corrected chi connectivity index (χ3v) is 25.8. The Kier molecular flexibility index (Phi) is 28.3. The molecule has 6 aromatic carbocycles. The van der Waals surface area contributed by atoms with Crippen molar-refractivity contribution in [3.8, 4) is 56.3 Å². The summed E-state index contributed by atoms with van der Waals surface area (Å²) in [5.74, 6) is 1.78. The Bertz CT molecular complexity index is 5690. The highest BCUT2D eigenvalue weighted by atomic mass is 16.6. The number of aliphatic carboxylic acids is 1. The van der Waals surface area contributed by atoms with Gasteiger partial charge in [-0.15, -0.1) is 0 Å². The maximum Gasteiger partial charge on any atom is 0.410 e. The largest absolute Gasteiger partial charge is 0.488 e. The summed E-state index contributed by atoms with van der Waals surface area (Å²) in [6.45, 7) is 31.1. The van der Waals surface area contributed by atoms with Crippen LogP contribution in [0, 0.1) is 35.5 Å². The number of carboxylic acid groups (broad SMARTS) is 1. The summed E-state index contributed by atoms with van der Waals surface area (Å²) < 4.78 is 37.4. The van der Waals surface area contributed by atoms with Crippen molar-refractivity contribution >= 4 is 98.5 Å². The molecule has 0 bridgehead atoms. The van der Waals surface area contributed by atoms with E-state index in [4.69, 9.17) is 53.5 Å². The average molecular weight is 1770 g/mol. The van der Waals surface area contributed by atoms with Crippen molar-refractivity contribution in [2.75, 3.05) is 41.5 Å². The number of aromatic amines is 2. The summed E-state index contributed by atoms with van der Waals surface area (Å²) in [5.41, 5.74) is 15.7. The second-order valence-electron chi connectivity index (χ2n) is 37.5. The summed E-state index contributed by atoms with van der Waals surface area (Å²) in [5, 5.41) is 23.4. The van der Waals surface area contributed by atoms with E-state index < -0.39 is 60.1 Å². The number of carbonyl (C=O) groups is 9. The van der Waals surface area contributed by atoms with Gasteiger partial charge in [0.15, 0.2) is 0 Å². The van der Waals surface area contributed by atoms with Crippen LogP contribution in [0.15, 0.2) is 107 Å². The minimum Gasteiger partial charge on any atom is -0.488 e. The SMILES string of the molecule is C.COC(=O)N[C@H](C(=O)N1C[C@@H](C)C[C@H]1C1=Nc2ccc3cc4c(cc3c2C1)OCc1cc(-c2cnc([C@@H]3CC[C@H](C)N3C(=O)[C@@H](NC(=O)OC)C(C)C)[nH]2)ccc1-4)C(C)C.COC(=O)N[C@H](C(=O)N1[C@@H](C)CC[C@H]1c1ncc(-c2ccc3c(c2)COc2cc4c5c(ccc4cc2-3)N=C([C@@H]2C[C@H](C)CN2C(=O)OC(C)(C)C)C5)[nH]1)C(C)C.COC(=O)N[C@H](C(=O)O)C(C)C. The molecule has 4 fully saturated rings. The molecular weight excluding hydrogens is 1650 g/mol. The second-order valence-corrected chi connectivity index (χ2v) is 37.5. The number of imidazole rings is 2. The van der Waals surface area contributed by atoms with Crippen LogP contribution in [0.3, 0.4) is 0 Å². The Labute approximate surface area is 753 Å². The van der Waals surface area contributed by atoms with Gasteiger partial charge in [0.1, 0.15) is 66.1 Å². The number of H-pyrrole nitrogens is 2. The summed E-state index contributed by atoms with van der Waals surface area (Å²) in [4.78, 5) is 147. The van der Waals surface area contributed by atoms with Crippen molar-refractivity contribution in [1.29, 1.82) is 0 Å². The fourth-order valence-electron chi connectivity index (χ4n) is 19.1. The second kappa shape index (κ2) is 38.8. The quantitative estimate of drug-likeness (QED) is 0.0392. The standard InChI is InChI=1S/C46H55N7O7.C44H52N6O6.C7H13NO4.CH4/c1-23(2)40(50-45(56)58-7)43(54)52-21-25(5)15-38(52)35-18-32-31-19-39-33(17-27(31)11-13-34(32)48-35)30-12-10-28(16-29(30)22-60-39)36-20-47-42(49-36)37-14-9-26(6)53(37)44(55)41(24(3)4)51-46(57)59-8;1-23(2)39(48-42(52)54-8)41(51)50-25(4)9-14-36(50)40-45-20-35(47-40)27-10-12-29-28(16-27)22-55-38-19-30-26(17-32(29)38)11-13-33-31(30)18-34(46-33)37-15-24(3)21-49(37)43(53)56-44(5,6)7;1-4(2)5(6(9)10)8-7(11)12-3;/h10-13,16-17,19-20,23-26,37-38,40-41H,9,14-15,18,21-22H2,1-8H3,(H,47,49)(H,50,56)(H,51,57);10-13,16-17,19-20,23-25,36-37,39H,9,14-15,18,21-22H2,1-8H3,(H,45,47)(H,48,52);4-5H,1-3H3,(H,8,11)(H,9,10);1H4/t25-,26-,37-,38-,40-,41-;24-,25-,36-,37-,39-;5-;/m000./s1. The van der Waals surface area contributed by atoms with E-state index in [-0.39, 0.29) is 91.2 Å². The molecule has 0 saturated carbocycles. The molecule has 31 nitrogen and oxygen atoms in total. The molecule has 10 heterocycles. The highest BCUT2D eigenvalue weighted by Gasteiger charge is 2.47. The summed E-state index contributed by atoms with van der Waals surface area (Å²) in [6.07, 6.45) is 6.96. The maximum absolute atomic E-state index is 13.9. The van der Waals surface area contributed by atoms with Gasteiger partial charge >= 0.3 is 36.4 Å². The van der Waals surface area contributed by atoms with Gasteiger partial charge in [-0.2, -0.15) is 0 Å². The number of hydrogen-bond acceptors (Lipinski definition) is 20. The van der Waals surface area contributed by atoms with Gasteiger partial charge in [-0.25, -0.2) is 38.7 Å². The van der Waals surface area contributed by atoms with Crippen LogP contribution in [-0.4, -0.2) is 206 Å². The zero-order valence-electron chi connectivity index (χ0n) is 76.5. The number of likely N-dealkylation sites (tertiary alicyclic amines) is 4. The third kappa shape index (κ3) is 19.7. The molecule has 688 valence electrons. The van der Waals surface area contributed by atoms with E-state index in [0.29, 0.717) is 56.8 Å². The molecule has 2 aromatic heterocycles. The minimum absolute atomic E-state index is 0. The lowest BCUT2D eigenvalue weighted by Gasteiger charge is -2.32. The smallest absolute Gasteiger partial charge is 0.410 e. The molecule has 8 aliphatic heterocycles. The van der Waals surface area contributed by atoms with E-state index in [1.807, 2.05) is 108 Å². The van der Waals surface area contributed by atoms with Crippen molar-refractivity contribution in [3.05, 3.63) is 131 Å².